The van der Waals surface area contributed by atoms with Crippen LogP contribution in [-0.4, -0.2) is 54.4 Å². The first-order chi connectivity index (χ1) is 15.0. The molecule has 4 rings (SSSR count). The molecule has 2 amide bonds. The lowest BCUT2D eigenvalue weighted by Gasteiger charge is -2.23. The van der Waals surface area contributed by atoms with Crippen LogP contribution in [0.3, 0.4) is 0 Å². The first-order valence-electron chi connectivity index (χ1n) is 10.1. The number of benzene rings is 2. The van der Waals surface area contributed by atoms with E-state index in [2.05, 4.69) is 5.32 Å². The van der Waals surface area contributed by atoms with Gasteiger partial charge in [0.05, 0.1) is 19.1 Å². The lowest BCUT2D eigenvalue weighted by atomic mass is 9.92. The second-order valence-corrected chi connectivity index (χ2v) is 7.57. The fraction of sp³-hybridized carbons (Fsp3) is 0.348. The van der Waals surface area contributed by atoms with E-state index in [0.717, 1.165) is 11.1 Å². The van der Waals surface area contributed by atoms with E-state index in [1.165, 1.54) is 12.0 Å². The highest BCUT2D eigenvalue weighted by Crippen LogP contribution is 2.42. The molecule has 0 aliphatic carbocycles. The molecular weight excluding hydrogens is 400 g/mol. The third kappa shape index (κ3) is 3.98. The number of hydrogen-bond donors (Lipinski definition) is 1. The van der Waals surface area contributed by atoms with Crippen molar-refractivity contribution in [1.82, 2.24) is 10.2 Å². The number of amides is 2. The molecule has 2 aliphatic heterocycles. The fourth-order valence-electron chi connectivity index (χ4n) is 4.24. The summed E-state index contributed by atoms with van der Waals surface area (Å²) < 4.78 is 16.2. The van der Waals surface area contributed by atoms with Crippen molar-refractivity contribution in [2.75, 3.05) is 7.11 Å². The predicted octanol–water partition coefficient (Wildman–Crippen LogP) is 2.19. The van der Waals surface area contributed by atoms with Crippen molar-refractivity contribution in [2.24, 2.45) is 0 Å². The molecule has 0 radical (unpaired) electrons. The SMILES string of the molecule is COC(=O)[C@@H]1[C@@H](C)O[C@H]2[C@@H](c3ccccc3)[C@H](NC(=O)OCc3ccccc3)C(=O)N12. The Kier molecular flexibility index (Phi) is 5.90. The highest BCUT2D eigenvalue weighted by molar-refractivity contribution is 5.93. The molecule has 5 atom stereocenters. The van der Waals surface area contributed by atoms with Gasteiger partial charge in [-0.25, -0.2) is 9.59 Å². The van der Waals surface area contributed by atoms with E-state index in [1.54, 1.807) is 6.92 Å². The fourth-order valence-corrected chi connectivity index (χ4v) is 4.24. The summed E-state index contributed by atoms with van der Waals surface area (Å²) in [5.74, 6) is -1.46. The maximum atomic E-state index is 13.3. The normalized spacial score (nSPS) is 27.0. The summed E-state index contributed by atoms with van der Waals surface area (Å²) in [5.41, 5.74) is 1.65. The molecule has 8 nitrogen and oxygen atoms in total. The van der Waals surface area contributed by atoms with E-state index in [-0.39, 0.29) is 6.61 Å². The lowest BCUT2D eigenvalue weighted by molar-refractivity contribution is -0.151. The molecule has 2 aromatic carbocycles. The highest BCUT2D eigenvalue weighted by Gasteiger charge is 2.60. The summed E-state index contributed by atoms with van der Waals surface area (Å²) in [6, 6.07) is 16.7. The molecule has 0 bridgehead atoms. The van der Waals surface area contributed by atoms with Crippen LogP contribution in [0.4, 0.5) is 4.79 Å². The van der Waals surface area contributed by atoms with Gasteiger partial charge in [0.25, 0.3) is 0 Å². The van der Waals surface area contributed by atoms with Gasteiger partial charge in [-0.1, -0.05) is 60.7 Å². The Labute approximate surface area is 180 Å². The molecule has 8 heteroatoms. The second-order valence-electron chi connectivity index (χ2n) is 7.57. The average Bonchev–Trinajstić information content (AvgIpc) is 3.26. The summed E-state index contributed by atoms with van der Waals surface area (Å²) in [6.45, 7) is 1.81. The largest absolute Gasteiger partial charge is 0.467 e. The minimum atomic E-state index is -0.935. The second kappa shape index (κ2) is 8.77. The van der Waals surface area contributed by atoms with Crippen molar-refractivity contribution in [3.8, 4) is 0 Å². The maximum Gasteiger partial charge on any atom is 0.408 e. The first kappa shape index (κ1) is 20.9. The van der Waals surface area contributed by atoms with Gasteiger partial charge in [0, 0.05) is 0 Å². The summed E-state index contributed by atoms with van der Waals surface area (Å²) in [6.07, 6.45) is -1.95. The van der Waals surface area contributed by atoms with Crippen molar-refractivity contribution in [3.05, 3.63) is 71.8 Å². The van der Waals surface area contributed by atoms with Gasteiger partial charge in [-0.05, 0) is 18.1 Å². The van der Waals surface area contributed by atoms with E-state index < -0.39 is 48.3 Å². The molecular formula is C23H24N2O6. The minimum Gasteiger partial charge on any atom is -0.467 e. The molecule has 1 N–H and O–H groups in total. The van der Waals surface area contributed by atoms with Gasteiger partial charge in [0.15, 0.2) is 6.04 Å². The monoisotopic (exact) mass is 424 g/mol. The number of fused-ring (bicyclic) bond motifs is 1. The van der Waals surface area contributed by atoms with Crippen LogP contribution in [0.25, 0.3) is 0 Å². The van der Waals surface area contributed by atoms with E-state index in [1.807, 2.05) is 60.7 Å². The zero-order chi connectivity index (χ0) is 22.0. The van der Waals surface area contributed by atoms with Crippen LogP contribution in [0.2, 0.25) is 0 Å². The molecule has 162 valence electrons. The van der Waals surface area contributed by atoms with Gasteiger partial charge in [-0.15, -0.1) is 0 Å². The molecule has 2 heterocycles. The summed E-state index contributed by atoms with van der Waals surface area (Å²) >= 11 is 0. The van der Waals surface area contributed by atoms with E-state index in [9.17, 15) is 14.4 Å². The summed E-state index contributed by atoms with van der Waals surface area (Å²) in [4.78, 5) is 39.6. The predicted molar refractivity (Wildman–Crippen MR) is 110 cm³/mol. The Balaban J connectivity index is 1.57. The van der Waals surface area contributed by atoms with Crippen LogP contribution in [-0.2, 0) is 30.4 Å². The van der Waals surface area contributed by atoms with Gasteiger partial charge in [-0.3, -0.25) is 9.69 Å². The quantitative estimate of drug-likeness (QED) is 0.740. The lowest BCUT2D eigenvalue weighted by Crippen LogP contribution is -2.49. The Morgan fingerprint density at radius 2 is 1.71 bits per heavy atom. The van der Waals surface area contributed by atoms with Crippen molar-refractivity contribution in [2.45, 2.75) is 43.9 Å². The van der Waals surface area contributed by atoms with Crippen LogP contribution >= 0.6 is 0 Å². The third-order valence-electron chi connectivity index (χ3n) is 5.67. The molecule has 2 aromatic rings. The van der Waals surface area contributed by atoms with Gasteiger partial charge >= 0.3 is 12.1 Å². The van der Waals surface area contributed by atoms with Crippen LogP contribution in [0.1, 0.15) is 24.0 Å². The zero-order valence-corrected chi connectivity index (χ0v) is 17.3. The standard InChI is InChI=1S/C23H24N2O6/c1-14-19(22(27)29-2)25-20(26)18(17(21(25)31-14)16-11-7-4-8-12-16)24-23(28)30-13-15-9-5-3-6-10-15/h3-12,14,17-19,21H,13H2,1-2H3,(H,24,28)/t14-,17+,18+,19+,21+/m1/s1. The van der Waals surface area contributed by atoms with Crippen molar-refractivity contribution >= 4 is 18.0 Å². The van der Waals surface area contributed by atoms with E-state index in [4.69, 9.17) is 14.2 Å². The molecule has 2 saturated heterocycles. The number of hydrogen-bond acceptors (Lipinski definition) is 6. The first-order valence-corrected chi connectivity index (χ1v) is 10.1. The average molecular weight is 424 g/mol. The van der Waals surface area contributed by atoms with Crippen molar-refractivity contribution < 1.29 is 28.6 Å². The number of nitrogens with one attached hydrogen (secondary N) is 1. The summed E-state index contributed by atoms with van der Waals surface area (Å²) in [5, 5.41) is 2.68. The molecule has 0 unspecified atom stereocenters. The number of methoxy groups -OCH3 is 1. The van der Waals surface area contributed by atoms with Gasteiger partial charge < -0.3 is 19.5 Å². The van der Waals surface area contributed by atoms with Gasteiger partial charge in [0.2, 0.25) is 5.91 Å². The highest BCUT2D eigenvalue weighted by atomic mass is 16.6. The molecule has 0 saturated carbocycles. The van der Waals surface area contributed by atoms with Gasteiger partial charge in [-0.2, -0.15) is 0 Å². The third-order valence-corrected chi connectivity index (χ3v) is 5.67. The number of nitrogens with zero attached hydrogens (tertiary/aromatic N) is 1. The summed E-state index contributed by atoms with van der Waals surface area (Å²) in [7, 11) is 1.27. The van der Waals surface area contributed by atoms with Crippen molar-refractivity contribution in [1.29, 1.82) is 0 Å². The molecule has 2 aliphatic rings. The Hall–Kier alpha value is -3.39. The van der Waals surface area contributed by atoms with Crippen LogP contribution in [0, 0.1) is 0 Å². The Morgan fingerprint density at radius 1 is 1.06 bits per heavy atom. The number of rotatable bonds is 5. The van der Waals surface area contributed by atoms with E-state index in [0.29, 0.717) is 0 Å². The van der Waals surface area contributed by atoms with Crippen LogP contribution < -0.4 is 5.32 Å². The van der Waals surface area contributed by atoms with Gasteiger partial charge in [0.1, 0.15) is 18.9 Å². The number of ether oxygens (including phenoxy) is 3. The van der Waals surface area contributed by atoms with E-state index >= 15 is 0 Å². The number of alkyl carbamates (subject to hydrolysis) is 1. The maximum absolute atomic E-state index is 13.3. The molecule has 31 heavy (non-hydrogen) atoms. The topological polar surface area (TPSA) is 94.2 Å². The molecule has 0 aromatic heterocycles. The Bertz CT molecular complexity index is 951. The zero-order valence-electron chi connectivity index (χ0n) is 17.3. The number of carbonyl (C=O) groups is 3. The van der Waals surface area contributed by atoms with Crippen LogP contribution in [0.5, 0.6) is 0 Å². The smallest absolute Gasteiger partial charge is 0.408 e. The number of esters is 1. The number of carbonyl (C=O) groups excluding carboxylic acids is 3. The molecule has 0 spiro atoms. The minimum absolute atomic E-state index is 0.0784. The Morgan fingerprint density at radius 3 is 2.35 bits per heavy atom. The van der Waals surface area contributed by atoms with Crippen LogP contribution in [0.15, 0.2) is 60.7 Å². The molecule has 2 fully saturated rings. The van der Waals surface area contributed by atoms with Crippen molar-refractivity contribution in [3.63, 3.8) is 0 Å².